The van der Waals surface area contributed by atoms with Gasteiger partial charge in [-0.1, -0.05) is 48.6 Å². The summed E-state index contributed by atoms with van der Waals surface area (Å²) in [6, 6.07) is 10.7. The largest absolute Gasteiger partial charge is 0.487 e. The molecule has 2 aromatic rings. The molecule has 6 nitrogen and oxygen atoms in total. The summed E-state index contributed by atoms with van der Waals surface area (Å²) in [5.74, 6) is 1.20. The van der Waals surface area contributed by atoms with Gasteiger partial charge in [0.1, 0.15) is 18.2 Å². The SMILES string of the molecule is C=CCC1=C(C)C=CCC=C1OCc1cc(=O)[nH]c(/N=C(\N)c2ccccc2)n1. The zero-order chi connectivity index (χ0) is 20.6. The molecule has 1 heterocycles. The normalized spacial score (nSPS) is 14.4. The molecule has 0 unspecified atom stereocenters. The van der Waals surface area contributed by atoms with Crippen LogP contribution in [0.5, 0.6) is 0 Å². The highest BCUT2D eigenvalue weighted by molar-refractivity contribution is 5.98. The van der Waals surface area contributed by atoms with Crippen molar-refractivity contribution >= 4 is 11.8 Å². The first-order valence-corrected chi connectivity index (χ1v) is 9.37. The fourth-order valence-electron chi connectivity index (χ4n) is 2.95. The van der Waals surface area contributed by atoms with E-state index >= 15 is 0 Å². The monoisotopic (exact) mass is 388 g/mol. The molecule has 1 aliphatic rings. The average molecular weight is 388 g/mol. The molecule has 0 saturated carbocycles. The van der Waals surface area contributed by atoms with Gasteiger partial charge in [0, 0.05) is 17.2 Å². The first-order chi connectivity index (χ1) is 14.1. The lowest BCUT2D eigenvalue weighted by atomic mass is 10.0. The van der Waals surface area contributed by atoms with Crippen LogP contribution in [0.15, 0.2) is 94.0 Å². The van der Waals surface area contributed by atoms with Gasteiger partial charge in [0.05, 0.1) is 5.69 Å². The number of hydrogen-bond donors (Lipinski definition) is 2. The maximum absolute atomic E-state index is 12.0. The Labute approximate surface area is 169 Å². The van der Waals surface area contributed by atoms with Crippen molar-refractivity contribution in [2.24, 2.45) is 10.7 Å². The molecule has 1 aliphatic carbocycles. The van der Waals surface area contributed by atoms with Crippen molar-refractivity contribution < 1.29 is 4.74 Å². The predicted molar refractivity (Wildman–Crippen MR) is 116 cm³/mol. The molecular weight excluding hydrogens is 364 g/mol. The van der Waals surface area contributed by atoms with Crippen molar-refractivity contribution in [3.05, 3.63) is 106 Å². The van der Waals surface area contributed by atoms with Gasteiger partial charge in [-0.2, -0.15) is 4.99 Å². The molecule has 148 valence electrons. The zero-order valence-corrected chi connectivity index (χ0v) is 16.4. The summed E-state index contributed by atoms with van der Waals surface area (Å²) in [4.78, 5) is 23.3. The van der Waals surface area contributed by atoms with E-state index in [1.54, 1.807) is 0 Å². The summed E-state index contributed by atoms with van der Waals surface area (Å²) in [7, 11) is 0. The van der Waals surface area contributed by atoms with Gasteiger partial charge in [0.25, 0.3) is 5.56 Å². The van der Waals surface area contributed by atoms with Crippen molar-refractivity contribution in [1.82, 2.24) is 9.97 Å². The topological polar surface area (TPSA) is 93.4 Å². The number of nitrogens with zero attached hydrogens (tertiary/aromatic N) is 2. The molecule has 6 heteroatoms. The predicted octanol–water partition coefficient (Wildman–Crippen LogP) is 4.06. The average Bonchev–Trinajstić information content (AvgIpc) is 2.88. The van der Waals surface area contributed by atoms with Crippen LogP contribution >= 0.6 is 0 Å². The molecule has 1 aromatic carbocycles. The van der Waals surface area contributed by atoms with Gasteiger partial charge in [-0.25, -0.2) is 4.98 Å². The van der Waals surface area contributed by atoms with Gasteiger partial charge in [-0.3, -0.25) is 9.78 Å². The van der Waals surface area contributed by atoms with Crippen LogP contribution in [0.3, 0.4) is 0 Å². The van der Waals surface area contributed by atoms with Crippen molar-refractivity contribution in [3.8, 4) is 0 Å². The Morgan fingerprint density at radius 2 is 2.17 bits per heavy atom. The van der Waals surface area contributed by atoms with Crippen molar-refractivity contribution in [1.29, 1.82) is 0 Å². The summed E-state index contributed by atoms with van der Waals surface area (Å²) in [5, 5.41) is 0. The molecule has 0 aliphatic heterocycles. The van der Waals surface area contributed by atoms with Gasteiger partial charge in [0.2, 0.25) is 5.95 Å². The smallest absolute Gasteiger partial charge is 0.252 e. The molecule has 0 amide bonds. The minimum Gasteiger partial charge on any atom is -0.487 e. The third-order valence-corrected chi connectivity index (χ3v) is 4.38. The fraction of sp³-hybridized carbons (Fsp3) is 0.174. The Morgan fingerprint density at radius 3 is 2.93 bits per heavy atom. The quantitative estimate of drug-likeness (QED) is 0.425. The number of nitrogens with two attached hydrogens (primary N) is 1. The summed E-state index contributed by atoms with van der Waals surface area (Å²) in [6.45, 7) is 6.02. The number of amidine groups is 1. The summed E-state index contributed by atoms with van der Waals surface area (Å²) in [5.41, 5.74) is 9.15. The van der Waals surface area contributed by atoms with E-state index in [0.29, 0.717) is 12.1 Å². The highest BCUT2D eigenvalue weighted by Gasteiger charge is 2.11. The molecule has 1 aromatic heterocycles. The van der Waals surface area contributed by atoms with Gasteiger partial charge >= 0.3 is 0 Å². The Morgan fingerprint density at radius 1 is 1.38 bits per heavy atom. The highest BCUT2D eigenvalue weighted by Crippen LogP contribution is 2.25. The number of benzene rings is 1. The molecule has 29 heavy (non-hydrogen) atoms. The van der Waals surface area contributed by atoms with Crippen LogP contribution in [0.4, 0.5) is 5.95 Å². The van der Waals surface area contributed by atoms with Crippen LogP contribution in [0, 0.1) is 0 Å². The Balaban J connectivity index is 1.80. The number of ether oxygens (including phenoxy) is 1. The van der Waals surface area contributed by atoms with E-state index in [2.05, 4.69) is 33.7 Å². The molecule has 3 N–H and O–H groups in total. The molecular formula is C23H24N4O2. The first-order valence-electron chi connectivity index (χ1n) is 9.37. The minimum atomic E-state index is -0.312. The standard InChI is InChI=1S/C23H24N4O2/c1-3-9-19-16(2)10-7-8-13-20(19)29-15-18-14-21(28)26-23(25-18)27-22(24)17-11-5-4-6-12-17/h3-7,10-14H,1,8-9,15H2,2H3,(H3,24,25,26,27,28). The van der Waals surface area contributed by atoms with Crippen LogP contribution in [0.1, 0.15) is 31.0 Å². The first kappa shape index (κ1) is 20.1. The number of hydrogen-bond acceptors (Lipinski definition) is 4. The van der Waals surface area contributed by atoms with E-state index in [1.807, 2.05) is 49.4 Å². The second kappa shape index (κ2) is 9.50. The van der Waals surface area contributed by atoms with Crippen LogP contribution in [0.2, 0.25) is 0 Å². The molecule has 0 saturated heterocycles. The summed E-state index contributed by atoms with van der Waals surface area (Å²) < 4.78 is 6.00. The van der Waals surface area contributed by atoms with E-state index in [0.717, 1.165) is 28.9 Å². The third-order valence-electron chi connectivity index (χ3n) is 4.38. The van der Waals surface area contributed by atoms with Crippen LogP contribution in [-0.2, 0) is 11.3 Å². The number of allylic oxidation sites excluding steroid dienone is 6. The van der Waals surface area contributed by atoms with Gasteiger partial charge < -0.3 is 10.5 Å². The maximum atomic E-state index is 12.0. The number of aliphatic imine (C=N–C) groups is 1. The van der Waals surface area contributed by atoms with Crippen LogP contribution in [-0.4, -0.2) is 15.8 Å². The lowest BCUT2D eigenvalue weighted by Gasteiger charge is -2.14. The van der Waals surface area contributed by atoms with Gasteiger partial charge in [-0.15, -0.1) is 6.58 Å². The van der Waals surface area contributed by atoms with E-state index in [4.69, 9.17) is 10.5 Å². The molecule has 0 radical (unpaired) electrons. The highest BCUT2D eigenvalue weighted by atomic mass is 16.5. The van der Waals surface area contributed by atoms with E-state index in [-0.39, 0.29) is 24.0 Å². The minimum absolute atomic E-state index is 0.145. The Bertz CT molecular complexity index is 1060. The molecule has 3 rings (SSSR count). The lowest BCUT2D eigenvalue weighted by molar-refractivity contribution is 0.201. The van der Waals surface area contributed by atoms with E-state index < -0.39 is 0 Å². The van der Waals surface area contributed by atoms with E-state index in [9.17, 15) is 4.79 Å². The molecule has 0 bridgehead atoms. The van der Waals surface area contributed by atoms with Crippen LogP contribution in [0.25, 0.3) is 0 Å². The number of rotatable bonds is 7. The van der Waals surface area contributed by atoms with Crippen molar-refractivity contribution in [2.45, 2.75) is 26.4 Å². The number of nitrogens with one attached hydrogen (secondary N) is 1. The Kier molecular flexibility index (Phi) is 6.58. The second-order valence-corrected chi connectivity index (χ2v) is 6.57. The zero-order valence-electron chi connectivity index (χ0n) is 16.4. The van der Waals surface area contributed by atoms with Gasteiger partial charge in [0.15, 0.2) is 0 Å². The summed E-state index contributed by atoms with van der Waals surface area (Å²) in [6.07, 6.45) is 9.51. The van der Waals surface area contributed by atoms with Crippen LogP contribution < -0.4 is 11.3 Å². The maximum Gasteiger partial charge on any atom is 0.252 e. The number of H-pyrrole nitrogens is 1. The summed E-state index contributed by atoms with van der Waals surface area (Å²) >= 11 is 0. The number of aromatic nitrogens is 2. The Hall–Kier alpha value is -3.67. The lowest BCUT2D eigenvalue weighted by Crippen LogP contribution is -2.15. The third kappa shape index (κ3) is 5.42. The molecule has 0 atom stereocenters. The van der Waals surface area contributed by atoms with Crippen molar-refractivity contribution in [2.75, 3.05) is 0 Å². The van der Waals surface area contributed by atoms with Crippen molar-refractivity contribution in [3.63, 3.8) is 0 Å². The molecule has 0 spiro atoms. The number of aromatic amines is 1. The molecule has 0 fully saturated rings. The van der Waals surface area contributed by atoms with Gasteiger partial charge in [-0.05, 0) is 31.4 Å². The fourth-order valence-corrected chi connectivity index (χ4v) is 2.95. The van der Waals surface area contributed by atoms with E-state index in [1.165, 1.54) is 6.07 Å². The second-order valence-electron chi connectivity index (χ2n) is 6.57.